The van der Waals surface area contributed by atoms with E-state index in [2.05, 4.69) is 0 Å². The number of halogens is 2. The molecular weight excluding hydrogens is 216 g/mol. The molecule has 0 spiro atoms. The minimum absolute atomic E-state index is 0.0718. The van der Waals surface area contributed by atoms with Crippen molar-refractivity contribution in [2.75, 3.05) is 13.7 Å². The van der Waals surface area contributed by atoms with Crippen LogP contribution in [0, 0.1) is 11.6 Å². The maximum Gasteiger partial charge on any atom is 0.179 e. The van der Waals surface area contributed by atoms with E-state index in [4.69, 9.17) is 10.5 Å². The van der Waals surface area contributed by atoms with Crippen LogP contribution in [-0.2, 0) is 4.74 Å². The highest BCUT2D eigenvalue weighted by Gasteiger charge is 2.16. The first kappa shape index (κ1) is 12.7. The van der Waals surface area contributed by atoms with Crippen molar-refractivity contribution in [1.82, 2.24) is 0 Å². The normalized spacial score (nSPS) is 12.5. The molecule has 0 aliphatic heterocycles. The standard InChI is InChI=1S/C11H13F2NO2/c1-16-5-4-10(14)11(15)7-2-3-8(12)9(13)6-7/h2-3,6,10H,4-5,14H2,1H3. The summed E-state index contributed by atoms with van der Waals surface area (Å²) < 4.78 is 30.3. The van der Waals surface area contributed by atoms with Crippen molar-refractivity contribution >= 4 is 5.78 Å². The lowest BCUT2D eigenvalue weighted by molar-refractivity contribution is 0.0935. The van der Waals surface area contributed by atoms with Gasteiger partial charge in [0, 0.05) is 19.3 Å². The Bertz CT molecular complexity index is 382. The maximum atomic E-state index is 12.9. The van der Waals surface area contributed by atoms with Crippen molar-refractivity contribution < 1.29 is 18.3 Å². The average Bonchev–Trinajstić information content (AvgIpc) is 2.28. The lowest BCUT2D eigenvalue weighted by Crippen LogP contribution is -2.31. The van der Waals surface area contributed by atoms with E-state index in [0.717, 1.165) is 12.1 Å². The van der Waals surface area contributed by atoms with Crippen LogP contribution in [0.5, 0.6) is 0 Å². The summed E-state index contributed by atoms with van der Waals surface area (Å²) in [5, 5.41) is 0. The maximum absolute atomic E-state index is 12.9. The fourth-order valence-electron chi connectivity index (χ4n) is 1.24. The molecule has 0 aliphatic rings. The molecule has 0 fully saturated rings. The molecule has 1 aromatic rings. The minimum atomic E-state index is -1.05. The van der Waals surface area contributed by atoms with Gasteiger partial charge in [-0.1, -0.05) is 0 Å². The van der Waals surface area contributed by atoms with Crippen LogP contribution in [0.25, 0.3) is 0 Å². The third-order valence-electron chi connectivity index (χ3n) is 2.17. The van der Waals surface area contributed by atoms with Crippen molar-refractivity contribution in [3.05, 3.63) is 35.4 Å². The highest BCUT2D eigenvalue weighted by molar-refractivity contribution is 5.99. The van der Waals surface area contributed by atoms with Gasteiger partial charge in [-0.3, -0.25) is 4.79 Å². The number of carbonyl (C=O) groups is 1. The van der Waals surface area contributed by atoms with Gasteiger partial charge in [-0.2, -0.15) is 0 Å². The van der Waals surface area contributed by atoms with E-state index in [1.165, 1.54) is 13.2 Å². The Morgan fingerprint density at radius 1 is 1.44 bits per heavy atom. The number of rotatable bonds is 5. The third kappa shape index (κ3) is 3.08. The summed E-state index contributed by atoms with van der Waals surface area (Å²) in [7, 11) is 1.49. The first-order valence-corrected chi connectivity index (χ1v) is 4.80. The lowest BCUT2D eigenvalue weighted by atomic mass is 10.0. The van der Waals surface area contributed by atoms with Gasteiger partial charge in [0.15, 0.2) is 17.4 Å². The van der Waals surface area contributed by atoms with Gasteiger partial charge >= 0.3 is 0 Å². The van der Waals surface area contributed by atoms with Crippen LogP contribution in [-0.4, -0.2) is 25.5 Å². The Balaban J connectivity index is 2.76. The van der Waals surface area contributed by atoms with Crippen LogP contribution in [0.1, 0.15) is 16.8 Å². The van der Waals surface area contributed by atoms with Crippen molar-refractivity contribution in [2.24, 2.45) is 5.73 Å². The van der Waals surface area contributed by atoms with Crippen LogP contribution in [0.2, 0.25) is 0 Å². The zero-order chi connectivity index (χ0) is 12.1. The molecule has 16 heavy (non-hydrogen) atoms. The number of ketones is 1. The van der Waals surface area contributed by atoms with Crippen LogP contribution >= 0.6 is 0 Å². The molecule has 88 valence electrons. The number of carbonyl (C=O) groups excluding carboxylic acids is 1. The Hall–Kier alpha value is -1.33. The second-order valence-electron chi connectivity index (χ2n) is 3.38. The molecule has 0 amide bonds. The SMILES string of the molecule is COCCC(N)C(=O)c1ccc(F)c(F)c1. The molecule has 0 bridgehead atoms. The number of ether oxygens (including phenoxy) is 1. The van der Waals surface area contributed by atoms with Gasteiger partial charge < -0.3 is 10.5 Å². The number of hydrogen-bond acceptors (Lipinski definition) is 3. The van der Waals surface area contributed by atoms with Gasteiger partial charge in [-0.05, 0) is 24.6 Å². The Labute approximate surface area is 92.2 Å². The molecule has 1 rings (SSSR count). The highest BCUT2D eigenvalue weighted by Crippen LogP contribution is 2.11. The van der Waals surface area contributed by atoms with Crippen molar-refractivity contribution in [1.29, 1.82) is 0 Å². The summed E-state index contributed by atoms with van der Waals surface area (Å²) in [5.41, 5.74) is 5.65. The molecule has 0 saturated heterocycles. The predicted octanol–water partition coefficient (Wildman–Crippen LogP) is 1.51. The Morgan fingerprint density at radius 3 is 2.69 bits per heavy atom. The Morgan fingerprint density at radius 2 is 2.12 bits per heavy atom. The number of hydrogen-bond donors (Lipinski definition) is 1. The quantitative estimate of drug-likeness (QED) is 0.779. The number of methoxy groups -OCH3 is 1. The third-order valence-corrected chi connectivity index (χ3v) is 2.17. The molecule has 0 saturated carbocycles. The van der Waals surface area contributed by atoms with Gasteiger partial charge in [0.25, 0.3) is 0 Å². The van der Waals surface area contributed by atoms with Crippen LogP contribution in [0.4, 0.5) is 8.78 Å². The second kappa shape index (κ2) is 5.67. The van der Waals surface area contributed by atoms with Gasteiger partial charge in [0.1, 0.15) is 0 Å². The van der Waals surface area contributed by atoms with Crippen molar-refractivity contribution in [3.8, 4) is 0 Å². The summed E-state index contributed by atoms with van der Waals surface area (Å²) in [6, 6.07) is 2.22. The van der Waals surface area contributed by atoms with Crippen LogP contribution < -0.4 is 5.73 Å². The van der Waals surface area contributed by atoms with E-state index in [1.807, 2.05) is 0 Å². The van der Waals surface area contributed by atoms with Crippen molar-refractivity contribution in [3.63, 3.8) is 0 Å². The van der Waals surface area contributed by atoms with E-state index in [1.54, 1.807) is 0 Å². The first-order chi connectivity index (χ1) is 7.56. The van der Waals surface area contributed by atoms with E-state index < -0.39 is 23.5 Å². The number of nitrogens with two attached hydrogens (primary N) is 1. The van der Waals surface area contributed by atoms with Crippen LogP contribution in [0.15, 0.2) is 18.2 Å². The minimum Gasteiger partial charge on any atom is -0.385 e. The average molecular weight is 229 g/mol. The fourth-order valence-corrected chi connectivity index (χ4v) is 1.24. The molecule has 3 nitrogen and oxygen atoms in total. The zero-order valence-corrected chi connectivity index (χ0v) is 8.87. The number of Topliss-reactive ketones (excluding diaryl/α,β-unsaturated/α-hetero) is 1. The van der Waals surface area contributed by atoms with Gasteiger partial charge in [-0.15, -0.1) is 0 Å². The smallest absolute Gasteiger partial charge is 0.179 e. The molecule has 1 aromatic carbocycles. The lowest BCUT2D eigenvalue weighted by Gasteiger charge is -2.09. The monoisotopic (exact) mass is 229 g/mol. The summed E-state index contributed by atoms with van der Waals surface area (Å²) in [6.45, 7) is 0.344. The largest absolute Gasteiger partial charge is 0.385 e. The van der Waals surface area contributed by atoms with E-state index in [-0.39, 0.29) is 5.56 Å². The summed E-state index contributed by atoms with van der Waals surface area (Å²) >= 11 is 0. The van der Waals surface area contributed by atoms with E-state index in [0.29, 0.717) is 13.0 Å². The molecule has 1 atom stereocenters. The zero-order valence-electron chi connectivity index (χ0n) is 8.87. The number of benzene rings is 1. The molecule has 1 unspecified atom stereocenters. The summed E-state index contributed by atoms with van der Waals surface area (Å²) in [5.74, 6) is -2.46. The Kier molecular flexibility index (Phi) is 4.52. The predicted molar refractivity (Wildman–Crippen MR) is 55.2 cm³/mol. The fraction of sp³-hybridized carbons (Fsp3) is 0.364. The van der Waals surface area contributed by atoms with E-state index in [9.17, 15) is 13.6 Å². The van der Waals surface area contributed by atoms with Crippen LogP contribution in [0.3, 0.4) is 0 Å². The first-order valence-electron chi connectivity index (χ1n) is 4.80. The molecule has 5 heteroatoms. The molecule has 2 N–H and O–H groups in total. The van der Waals surface area contributed by atoms with E-state index >= 15 is 0 Å². The van der Waals surface area contributed by atoms with Gasteiger partial charge in [0.2, 0.25) is 0 Å². The molecular formula is C11H13F2NO2. The van der Waals surface area contributed by atoms with Gasteiger partial charge in [0.05, 0.1) is 6.04 Å². The summed E-state index contributed by atoms with van der Waals surface area (Å²) in [4.78, 5) is 11.6. The van der Waals surface area contributed by atoms with Crippen molar-refractivity contribution in [2.45, 2.75) is 12.5 Å². The second-order valence-corrected chi connectivity index (χ2v) is 3.38. The molecule has 0 aliphatic carbocycles. The molecule has 0 radical (unpaired) electrons. The topological polar surface area (TPSA) is 52.3 Å². The molecule has 0 aromatic heterocycles. The molecule has 0 heterocycles. The highest BCUT2D eigenvalue weighted by atomic mass is 19.2. The summed E-state index contributed by atoms with van der Waals surface area (Å²) in [6.07, 6.45) is 0.342. The van der Waals surface area contributed by atoms with Gasteiger partial charge in [-0.25, -0.2) is 8.78 Å².